The summed E-state index contributed by atoms with van der Waals surface area (Å²) in [4.78, 5) is 89.2. The zero-order valence-electron chi connectivity index (χ0n) is 57.3. The van der Waals surface area contributed by atoms with Crippen LogP contribution in [0.25, 0.3) is 0 Å². The first-order chi connectivity index (χ1) is 40.6. The van der Waals surface area contributed by atoms with Crippen LogP contribution in [0.2, 0.25) is 0 Å². The van der Waals surface area contributed by atoms with E-state index < -0.39 is 69.5 Å². The summed E-state index contributed by atoms with van der Waals surface area (Å²) in [5, 5.41) is 8.67. The maximum absolute atomic E-state index is 15.5. The van der Waals surface area contributed by atoms with Gasteiger partial charge in [-0.3, -0.25) is 24.1 Å². The van der Waals surface area contributed by atoms with Crippen LogP contribution in [0.5, 0.6) is 0 Å². The molecule has 87 heavy (non-hydrogen) atoms. The predicted octanol–water partition coefficient (Wildman–Crippen LogP) is 16.5. The molecule has 4 saturated carbocycles. The summed E-state index contributed by atoms with van der Waals surface area (Å²) >= 11 is 0. The number of hydrogen-bond donors (Lipinski definition) is 0. The quantitative estimate of drug-likeness (QED) is 0.0780. The fourth-order valence-electron chi connectivity index (χ4n) is 18.3. The van der Waals surface area contributed by atoms with Crippen molar-refractivity contribution in [1.29, 1.82) is 0 Å². The molecule has 8 fully saturated rings. The van der Waals surface area contributed by atoms with E-state index in [0.717, 1.165) is 103 Å². The number of hydroxylamine groups is 8. The van der Waals surface area contributed by atoms with Crippen LogP contribution in [-0.2, 0) is 33.6 Å². The third-order valence-corrected chi connectivity index (χ3v) is 21.3. The topological polar surface area (TPSA) is 146 Å². The standard InChI is InChI=1S/C72H118N4O11/c1-65(2)41-49(42-66(3,4)73(65)84-50-29-21-17-22-30-50)37-38-61(77)57-39-59(63(79)82-55-45-69(9,10)75(70(11,12)46-55)86-52-33-25-19-26-34-52)60(64(80)83-56-47-71(13,14)76(72(15,16)48-56)87-53-35-27-20-28-36-53)40-58(57)62(78)81-54-43-67(5,6)74(68(7,8)44-54)85-51-31-23-18-24-32-51/h39-40,49-56H,17-38,41-48H2,1-16H3. The van der Waals surface area contributed by atoms with E-state index in [-0.39, 0.29) is 75.9 Å². The van der Waals surface area contributed by atoms with Crippen molar-refractivity contribution in [2.45, 2.75) is 390 Å². The number of ketones is 1. The van der Waals surface area contributed by atoms with Gasteiger partial charge in [-0.25, -0.2) is 14.4 Å². The van der Waals surface area contributed by atoms with Gasteiger partial charge in [0.1, 0.15) is 18.3 Å². The smallest absolute Gasteiger partial charge is 0.339 e. The second-order valence-corrected chi connectivity index (χ2v) is 33.6. The first-order valence-electron chi connectivity index (χ1n) is 34.9. The van der Waals surface area contributed by atoms with Crippen molar-refractivity contribution in [3.8, 4) is 0 Å². The van der Waals surface area contributed by atoms with Gasteiger partial charge in [-0.1, -0.05) is 77.0 Å². The maximum atomic E-state index is 15.5. The SMILES string of the molecule is CC1(C)CC(CCC(=O)c2cc(C(=O)OC3CC(C)(C)N(OC4CCCCC4)C(C)(C)C3)c(C(=O)OC3CC(C)(C)N(OC4CCCCC4)C(C)(C)C3)cc2C(=O)OC2CC(C)(C)N(OC3CCCCC3)C(C)(C)C2)CC(C)(C)N1OC1CCCCC1. The van der Waals surface area contributed by atoms with Gasteiger partial charge in [0.05, 0.1) is 41.1 Å². The van der Waals surface area contributed by atoms with Crippen molar-refractivity contribution in [2.75, 3.05) is 0 Å². The lowest BCUT2D eigenvalue weighted by molar-refractivity contribution is -0.317. The van der Waals surface area contributed by atoms with Gasteiger partial charge in [0.2, 0.25) is 0 Å². The normalized spacial score (nSPS) is 27.6. The van der Waals surface area contributed by atoms with Gasteiger partial charge in [0, 0.05) is 94.8 Å². The molecule has 0 aromatic heterocycles. The zero-order chi connectivity index (χ0) is 63.1. The molecule has 1 aromatic rings. The molecule has 8 aliphatic rings. The summed E-state index contributed by atoms with van der Waals surface area (Å²) in [6, 6.07) is 2.89. The molecule has 15 heteroatoms. The van der Waals surface area contributed by atoms with Crippen molar-refractivity contribution >= 4 is 23.7 Å². The maximum Gasteiger partial charge on any atom is 0.339 e. The molecule has 0 amide bonds. The van der Waals surface area contributed by atoms with Gasteiger partial charge >= 0.3 is 17.9 Å². The molecular weight excluding hydrogens is 1100 g/mol. The Bertz CT molecular complexity index is 2470. The van der Waals surface area contributed by atoms with E-state index in [1.54, 1.807) is 0 Å². The molecule has 0 bridgehead atoms. The highest BCUT2D eigenvalue weighted by molar-refractivity contribution is 6.12. The number of esters is 3. The molecule has 0 radical (unpaired) electrons. The zero-order valence-corrected chi connectivity index (χ0v) is 57.3. The largest absolute Gasteiger partial charge is 0.459 e. The van der Waals surface area contributed by atoms with Gasteiger partial charge in [-0.15, -0.1) is 0 Å². The van der Waals surface area contributed by atoms with E-state index in [0.29, 0.717) is 44.9 Å². The molecule has 9 rings (SSSR count). The van der Waals surface area contributed by atoms with Crippen LogP contribution in [-0.4, -0.2) is 131 Å². The van der Waals surface area contributed by atoms with E-state index in [1.165, 1.54) is 50.7 Å². The van der Waals surface area contributed by atoms with Crippen molar-refractivity contribution < 1.29 is 52.7 Å². The summed E-state index contributed by atoms with van der Waals surface area (Å²) in [5.41, 5.74) is -3.92. The second kappa shape index (κ2) is 26.9. The molecule has 4 heterocycles. The Balaban J connectivity index is 1.05. The molecule has 15 nitrogen and oxygen atoms in total. The van der Waals surface area contributed by atoms with Crippen molar-refractivity contribution in [3.63, 3.8) is 0 Å². The first-order valence-corrected chi connectivity index (χ1v) is 34.9. The minimum absolute atomic E-state index is 0.0449. The molecule has 0 spiro atoms. The van der Waals surface area contributed by atoms with Gasteiger partial charge < -0.3 is 14.2 Å². The van der Waals surface area contributed by atoms with E-state index in [2.05, 4.69) is 131 Å². The van der Waals surface area contributed by atoms with Gasteiger partial charge in [-0.2, -0.15) is 20.3 Å². The number of carbonyl (C=O) groups excluding carboxylic acids is 4. The van der Waals surface area contributed by atoms with Crippen LogP contribution in [0.3, 0.4) is 0 Å². The first kappa shape index (κ1) is 68.3. The monoisotopic (exact) mass is 1210 g/mol. The summed E-state index contributed by atoms with van der Waals surface area (Å²) in [6.07, 6.45) is 26.5. The van der Waals surface area contributed by atoms with Crippen molar-refractivity contribution in [1.82, 2.24) is 20.3 Å². The average Bonchev–Trinajstić information content (AvgIpc) is 1.72. The van der Waals surface area contributed by atoms with E-state index in [4.69, 9.17) is 33.6 Å². The minimum atomic E-state index is -0.758. The molecule has 1 aromatic carbocycles. The van der Waals surface area contributed by atoms with Crippen molar-refractivity contribution in [3.05, 3.63) is 34.4 Å². The fourth-order valence-corrected chi connectivity index (χ4v) is 18.3. The van der Waals surface area contributed by atoms with Crippen LogP contribution in [0, 0.1) is 5.92 Å². The van der Waals surface area contributed by atoms with E-state index in [1.807, 2.05) is 0 Å². The van der Waals surface area contributed by atoms with E-state index in [9.17, 15) is 0 Å². The highest BCUT2D eigenvalue weighted by atomic mass is 16.7. The number of piperidine rings is 4. The molecule has 0 atom stereocenters. The molecule has 4 saturated heterocycles. The summed E-state index contributed by atoms with van der Waals surface area (Å²) in [5.74, 6) is -2.35. The molecule has 492 valence electrons. The number of Topliss-reactive ketones (excluding diaryl/α,β-unsaturated/α-hetero) is 1. The highest BCUT2D eigenvalue weighted by Crippen LogP contribution is 2.48. The number of rotatable bonds is 18. The Labute approximate surface area is 525 Å². The van der Waals surface area contributed by atoms with E-state index >= 15 is 19.2 Å². The number of ether oxygens (including phenoxy) is 3. The molecule has 4 aliphatic heterocycles. The van der Waals surface area contributed by atoms with Crippen LogP contribution < -0.4 is 0 Å². The fraction of sp³-hybridized carbons (Fsp3) is 0.861. The van der Waals surface area contributed by atoms with Crippen LogP contribution in [0.4, 0.5) is 0 Å². The third-order valence-electron chi connectivity index (χ3n) is 21.3. The van der Waals surface area contributed by atoms with Gasteiger partial charge in [-0.05, 0) is 199 Å². The Morgan fingerprint density at radius 3 is 0.793 bits per heavy atom. The number of benzene rings is 1. The van der Waals surface area contributed by atoms with Crippen molar-refractivity contribution in [2.24, 2.45) is 5.92 Å². The molecule has 0 unspecified atom stereocenters. The van der Waals surface area contributed by atoms with Gasteiger partial charge in [0.15, 0.2) is 5.78 Å². The Hall–Kier alpha value is -3.02. The van der Waals surface area contributed by atoms with Gasteiger partial charge in [0.25, 0.3) is 0 Å². The van der Waals surface area contributed by atoms with Crippen LogP contribution >= 0.6 is 0 Å². The minimum Gasteiger partial charge on any atom is -0.459 e. The Morgan fingerprint density at radius 1 is 0.322 bits per heavy atom. The lowest BCUT2D eigenvalue weighted by Crippen LogP contribution is -2.63. The number of carbonyl (C=O) groups is 4. The lowest BCUT2D eigenvalue weighted by Gasteiger charge is -2.55. The van der Waals surface area contributed by atoms with Crippen LogP contribution in [0.1, 0.15) is 345 Å². The average molecular weight is 1220 g/mol. The predicted molar refractivity (Wildman–Crippen MR) is 340 cm³/mol. The summed E-state index contributed by atoms with van der Waals surface area (Å²) in [7, 11) is 0. The Morgan fingerprint density at radius 2 is 0.540 bits per heavy atom. The molecular formula is C72H118N4O11. The lowest BCUT2D eigenvalue weighted by atomic mass is 9.73. The summed E-state index contributed by atoms with van der Waals surface area (Å²) in [6.45, 7) is 34.6. The molecule has 0 N–H and O–H groups in total. The number of hydrogen-bond acceptors (Lipinski definition) is 15. The number of nitrogens with zero attached hydrogens (tertiary/aromatic N) is 4. The third kappa shape index (κ3) is 16.4. The molecule has 4 aliphatic carbocycles. The highest BCUT2D eigenvalue weighted by Gasteiger charge is 2.53. The summed E-state index contributed by atoms with van der Waals surface area (Å²) < 4.78 is 19.9. The second-order valence-electron chi connectivity index (χ2n) is 33.6. The van der Waals surface area contributed by atoms with Crippen LogP contribution in [0.15, 0.2) is 12.1 Å². The Kier molecular flexibility index (Phi) is 21.1.